The molecule has 5 nitrogen and oxygen atoms in total. The van der Waals surface area contributed by atoms with Crippen LogP contribution in [0.1, 0.15) is 49.7 Å². The number of benzene rings is 1. The van der Waals surface area contributed by atoms with Gasteiger partial charge in [-0.15, -0.1) is 0 Å². The van der Waals surface area contributed by atoms with Gasteiger partial charge < -0.3 is 15.1 Å². The highest BCUT2D eigenvalue weighted by Crippen LogP contribution is 2.28. The van der Waals surface area contributed by atoms with Crippen LogP contribution in [0.15, 0.2) is 24.3 Å². The second-order valence-corrected chi connectivity index (χ2v) is 9.35. The lowest BCUT2D eigenvalue weighted by Crippen LogP contribution is -2.40. The molecule has 2 aliphatic rings. The van der Waals surface area contributed by atoms with Crippen LogP contribution in [-0.2, 0) is 11.3 Å². The standard InChI is InChI=1S/C22H33N3O2S/c1-18-8-10-19(11-9-18)16-24-13-14-25(22(24)27)17-21(26)23-12-5-15-28-20-6-3-2-4-7-20/h8-11,20H,2-7,12-17H2,1H3,(H,23,26). The molecule has 1 saturated carbocycles. The van der Waals surface area contributed by atoms with Gasteiger partial charge in [0, 0.05) is 31.4 Å². The van der Waals surface area contributed by atoms with Crippen LogP contribution in [0.4, 0.5) is 4.79 Å². The zero-order valence-electron chi connectivity index (χ0n) is 17.0. The van der Waals surface area contributed by atoms with Crippen LogP contribution in [0.3, 0.4) is 0 Å². The second-order valence-electron chi connectivity index (χ2n) is 7.95. The first-order valence-corrected chi connectivity index (χ1v) is 11.6. The van der Waals surface area contributed by atoms with Gasteiger partial charge in [0.25, 0.3) is 0 Å². The normalized spacial score (nSPS) is 18.0. The third kappa shape index (κ3) is 6.43. The monoisotopic (exact) mass is 403 g/mol. The summed E-state index contributed by atoms with van der Waals surface area (Å²) >= 11 is 2.06. The van der Waals surface area contributed by atoms with E-state index in [0.717, 1.165) is 23.0 Å². The molecule has 1 aliphatic heterocycles. The second kappa shape index (κ2) is 10.7. The largest absolute Gasteiger partial charge is 0.355 e. The number of hydrogen-bond acceptors (Lipinski definition) is 3. The van der Waals surface area contributed by atoms with E-state index in [9.17, 15) is 9.59 Å². The molecule has 1 aromatic rings. The molecule has 0 aromatic heterocycles. The lowest BCUT2D eigenvalue weighted by atomic mass is 10.0. The van der Waals surface area contributed by atoms with Gasteiger partial charge in [0.15, 0.2) is 0 Å². The lowest BCUT2D eigenvalue weighted by Gasteiger charge is -2.21. The Labute approximate surface area is 173 Å². The number of amides is 3. The van der Waals surface area contributed by atoms with Crippen molar-refractivity contribution in [1.82, 2.24) is 15.1 Å². The highest BCUT2D eigenvalue weighted by atomic mass is 32.2. The minimum Gasteiger partial charge on any atom is -0.355 e. The molecular weight excluding hydrogens is 370 g/mol. The van der Waals surface area contributed by atoms with Gasteiger partial charge in [-0.25, -0.2) is 4.79 Å². The molecule has 1 aromatic carbocycles. The Kier molecular flexibility index (Phi) is 8.07. The predicted octanol–water partition coefficient (Wildman–Crippen LogP) is 3.80. The predicted molar refractivity (Wildman–Crippen MR) is 116 cm³/mol. The Hall–Kier alpha value is -1.69. The Balaban J connectivity index is 1.30. The van der Waals surface area contributed by atoms with E-state index in [4.69, 9.17) is 0 Å². The van der Waals surface area contributed by atoms with E-state index in [0.29, 0.717) is 26.2 Å². The number of hydrogen-bond donors (Lipinski definition) is 1. The maximum Gasteiger partial charge on any atom is 0.320 e. The van der Waals surface area contributed by atoms with Crippen molar-refractivity contribution in [3.8, 4) is 0 Å². The third-order valence-electron chi connectivity index (χ3n) is 5.56. The van der Waals surface area contributed by atoms with Crippen LogP contribution in [0, 0.1) is 6.92 Å². The molecule has 0 spiro atoms. The maximum absolute atomic E-state index is 12.5. The molecule has 6 heteroatoms. The van der Waals surface area contributed by atoms with Gasteiger partial charge >= 0.3 is 6.03 Å². The number of nitrogens with one attached hydrogen (secondary N) is 1. The molecule has 1 N–H and O–H groups in total. The van der Waals surface area contributed by atoms with Gasteiger partial charge in [0.2, 0.25) is 5.91 Å². The van der Waals surface area contributed by atoms with Crippen LogP contribution < -0.4 is 5.32 Å². The van der Waals surface area contributed by atoms with Crippen molar-refractivity contribution in [2.24, 2.45) is 0 Å². The molecule has 0 atom stereocenters. The van der Waals surface area contributed by atoms with Gasteiger partial charge in [0.1, 0.15) is 6.54 Å². The number of rotatable bonds is 9. The molecule has 1 aliphatic carbocycles. The van der Waals surface area contributed by atoms with Crippen molar-refractivity contribution in [1.29, 1.82) is 0 Å². The minimum atomic E-state index is -0.0480. The maximum atomic E-state index is 12.5. The summed E-state index contributed by atoms with van der Waals surface area (Å²) in [5, 5.41) is 3.80. The van der Waals surface area contributed by atoms with Gasteiger partial charge in [-0.05, 0) is 37.5 Å². The number of carbonyl (C=O) groups excluding carboxylic acids is 2. The Bertz CT molecular complexity index is 644. The quantitative estimate of drug-likeness (QED) is 0.638. The van der Waals surface area contributed by atoms with Crippen molar-refractivity contribution in [2.75, 3.05) is 31.9 Å². The van der Waals surface area contributed by atoms with E-state index in [1.165, 1.54) is 37.7 Å². The summed E-state index contributed by atoms with van der Waals surface area (Å²) in [6.07, 6.45) is 7.85. The zero-order valence-corrected chi connectivity index (χ0v) is 17.8. The van der Waals surface area contributed by atoms with E-state index in [-0.39, 0.29) is 18.5 Å². The first kappa shape index (κ1) is 21.0. The molecular formula is C22H33N3O2S. The summed E-state index contributed by atoms with van der Waals surface area (Å²) in [6, 6.07) is 8.21. The van der Waals surface area contributed by atoms with Crippen molar-refractivity contribution in [2.45, 2.75) is 57.2 Å². The third-order valence-corrected chi connectivity index (χ3v) is 7.03. The molecule has 1 saturated heterocycles. The Morgan fingerprint density at radius 1 is 1.11 bits per heavy atom. The summed E-state index contributed by atoms with van der Waals surface area (Å²) in [5.74, 6) is 1.06. The smallest absolute Gasteiger partial charge is 0.320 e. The van der Waals surface area contributed by atoms with Crippen LogP contribution in [0.5, 0.6) is 0 Å². The number of carbonyl (C=O) groups is 2. The van der Waals surface area contributed by atoms with Gasteiger partial charge in [-0.2, -0.15) is 11.8 Å². The van der Waals surface area contributed by atoms with E-state index in [1.807, 2.05) is 4.90 Å². The summed E-state index contributed by atoms with van der Waals surface area (Å²) in [6.45, 7) is 4.83. The van der Waals surface area contributed by atoms with Gasteiger partial charge in [0.05, 0.1) is 0 Å². The van der Waals surface area contributed by atoms with Crippen LogP contribution in [0.25, 0.3) is 0 Å². The first-order valence-electron chi connectivity index (χ1n) is 10.6. The van der Waals surface area contributed by atoms with Crippen molar-refractivity contribution in [3.63, 3.8) is 0 Å². The van der Waals surface area contributed by atoms with Crippen molar-refractivity contribution < 1.29 is 9.59 Å². The van der Waals surface area contributed by atoms with Crippen LogP contribution >= 0.6 is 11.8 Å². The van der Waals surface area contributed by atoms with E-state index >= 15 is 0 Å². The fraction of sp³-hybridized carbons (Fsp3) is 0.636. The van der Waals surface area contributed by atoms with Gasteiger partial charge in [-0.1, -0.05) is 49.1 Å². The van der Waals surface area contributed by atoms with Crippen LogP contribution in [0.2, 0.25) is 0 Å². The highest BCUT2D eigenvalue weighted by molar-refractivity contribution is 7.99. The van der Waals surface area contributed by atoms with Gasteiger partial charge in [-0.3, -0.25) is 4.79 Å². The lowest BCUT2D eigenvalue weighted by molar-refractivity contribution is -0.121. The fourth-order valence-corrected chi connectivity index (χ4v) is 5.16. The number of aryl methyl sites for hydroxylation is 1. The summed E-state index contributed by atoms with van der Waals surface area (Å²) in [5.41, 5.74) is 2.34. The Morgan fingerprint density at radius 2 is 1.82 bits per heavy atom. The van der Waals surface area contributed by atoms with E-state index in [1.54, 1.807) is 4.90 Å². The minimum absolute atomic E-state index is 0.0384. The summed E-state index contributed by atoms with van der Waals surface area (Å²) in [4.78, 5) is 28.2. The highest BCUT2D eigenvalue weighted by Gasteiger charge is 2.29. The average molecular weight is 404 g/mol. The zero-order chi connectivity index (χ0) is 19.8. The molecule has 154 valence electrons. The summed E-state index contributed by atoms with van der Waals surface area (Å²) < 4.78 is 0. The molecule has 1 heterocycles. The summed E-state index contributed by atoms with van der Waals surface area (Å²) in [7, 11) is 0. The number of urea groups is 1. The SMILES string of the molecule is Cc1ccc(CN2CCN(CC(=O)NCCCSC3CCCCC3)C2=O)cc1. The molecule has 0 radical (unpaired) electrons. The first-order chi connectivity index (χ1) is 13.6. The van der Waals surface area contributed by atoms with E-state index in [2.05, 4.69) is 48.3 Å². The van der Waals surface area contributed by atoms with E-state index < -0.39 is 0 Å². The topological polar surface area (TPSA) is 52.6 Å². The van der Waals surface area contributed by atoms with Crippen molar-refractivity contribution in [3.05, 3.63) is 35.4 Å². The van der Waals surface area contributed by atoms with Crippen molar-refractivity contribution >= 4 is 23.7 Å². The number of thioether (sulfide) groups is 1. The molecule has 0 bridgehead atoms. The molecule has 3 rings (SSSR count). The molecule has 3 amide bonds. The molecule has 0 unspecified atom stereocenters. The molecule has 28 heavy (non-hydrogen) atoms. The fourth-order valence-electron chi connectivity index (χ4n) is 3.85. The number of nitrogens with zero attached hydrogens (tertiary/aromatic N) is 2. The average Bonchev–Trinajstić information content (AvgIpc) is 3.04. The molecule has 2 fully saturated rings. The Morgan fingerprint density at radius 3 is 2.57 bits per heavy atom. The van der Waals surface area contributed by atoms with Crippen LogP contribution in [-0.4, -0.2) is 58.9 Å².